The van der Waals surface area contributed by atoms with Gasteiger partial charge < -0.3 is 14.6 Å². The normalized spacial score (nSPS) is 16.1. The minimum absolute atomic E-state index is 0.0876. The lowest BCUT2D eigenvalue weighted by molar-refractivity contribution is 0.281. The average molecular weight is 315 g/mol. The molecule has 0 aromatic carbocycles. The summed E-state index contributed by atoms with van der Waals surface area (Å²) in [4.78, 5) is 28.1. The van der Waals surface area contributed by atoms with Gasteiger partial charge in [0.15, 0.2) is 5.75 Å². The van der Waals surface area contributed by atoms with E-state index in [-0.39, 0.29) is 5.43 Å². The first-order chi connectivity index (χ1) is 11.3. The molecule has 0 saturated carbocycles. The fourth-order valence-electron chi connectivity index (χ4n) is 2.78. The molecule has 1 aliphatic heterocycles. The molecule has 7 nitrogen and oxygen atoms in total. The Morgan fingerprint density at radius 3 is 2.78 bits per heavy atom. The van der Waals surface area contributed by atoms with Crippen LogP contribution in [0.3, 0.4) is 0 Å². The molecular formula is C16H21N5O2. The average Bonchev–Trinajstić information content (AvgIpc) is 2.81. The van der Waals surface area contributed by atoms with E-state index in [4.69, 9.17) is 4.74 Å². The maximum absolute atomic E-state index is 11.8. The van der Waals surface area contributed by atoms with Gasteiger partial charge in [0.25, 0.3) is 0 Å². The molecule has 3 rings (SSSR count). The lowest BCUT2D eigenvalue weighted by atomic mass is 10.3. The van der Waals surface area contributed by atoms with Crippen LogP contribution in [0.2, 0.25) is 0 Å². The number of nitrogens with zero attached hydrogens (tertiary/aromatic N) is 4. The van der Waals surface area contributed by atoms with Crippen LogP contribution in [-0.2, 0) is 6.54 Å². The molecule has 2 aromatic rings. The Bertz CT molecular complexity index is 688. The van der Waals surface area contributed by atoms with Gasteiger partial charge in [0.05, 0.1) is 7.11 Å². The van der Waals surface area contributed by atoms with Gasteiger partial charge in [0.2, 0.25) is 11.4 Å². The Hall–Kier alpha value is -2.41. The summed E-state index contributed by atoms with van der Waals surface area (Å²) >= 11 is 0. The second-order valence-electron chi connectivity index (χ2n) is 5.56. The number of H-pyrrole nitrogens is 1. The maximum Gasteiger partial charge on any atom is 0.225 e. The predicted molar refractivity (Wildman–Crippen MR) is 87.8 cm³/mol. The van der Waals surface area contributed by atoms with Crippen LogP contribution in [-0.4, -0.2) is 53.1 Å². The van der Waals surface area contributed by atoms with E-state index < -0.39 is 0 Å². The highest BCUT2D eigenvalue weighted by Gasteiger charge is 2.17. The summed E-state index contributed by atoms with van der Waals surface area (Å²) in [6.45, 7) is 4.44. The van der Waals surface area contributed by atoms with E-state index in [0.29, 0.717) is 5.75 Å². The number of anilines is 1. The molecule has 7 heteroatoms. The van der Waals surface area contributed by atoms with Crippen molar-refractivity contribution in [1.82, 2.24) is 19.9 Å². The van der Waals surface area contributed by atoms with E-state index in [1.165, 1.54) is 7.11 Å². The number of aromatic amines is 1. The van der Waals surface area contributed by atoms with Crippen LogP contribution in [0.4, 0.5) is 5.95 Å². The maximum atomic E-state index is 11.8. The van der Waals surface area contributed by atoms with Crippen LogP contribution in [0.25, 0.3) is 0 Å². The second-order valence-corrected chi connectivity index (χ2v) is 5.56. The van der Waals surface area contributed by atoms with E-state index >= 15 is 0 Å². The number of methoxy groups -OCH3 is 1. The Balaban J connectivity index is 1.62. The first kappa shape index (κ1) is 15.5. The molecule has 0 amide bonds. The zero-order chi connectivity index (χ0) is 16.1. The Labute approximate surface area is 134 Å². The van der Waals surface area contributed by atoms with Gasteiger partial charge in [-0.3, -0.25) is 9.69 Å². The van der Waals surface area contributed by atoms with Gasteiger partial charge in [-0.25, -0.2) is 9.97 Å². The molecule has 0 spiro atoms. The molecule has 0 aliphatic carbocycles. The number of pyridine rings is 1. The van der Waals surface area contributed by atoms with Crippen molar-refractivity contribution >= 4 is 5.95 Å². The van der Waals surface area contributed by atoms with E-state index in [9.17, 15) is 4.79 Å². The molecule has 1 aliphatic rings. The lowest BCUT2D eigenvalue weighted by Crippen LogP contribution is -2.31. The van der Waals surface area contributed by atoms with E-state index in [0.717, 1.165) is 50.8 Å². The van der Waals surface area contributed by atoms with Crippen molar-refractivity contribution < 1.29 is 4.74 Å². The summed E-state index contributed by atoms with van der Waals surface area (Å²) in [5, 5.41) is 0. The summed E-state index contributed by atoms with van der Waals surface area (Å²) in [6, 6.07) is 3.44. The molecule has 23 heavy (non-hydrogen) atoms. The van der Waals surface area contributed by atoms with Crippen LogP contribution < -0.4 is 15.1 Å². The number of hydrogen-bond acceptors (Lipinski definition) is 6. The fourth-order valence-corrected chi connectivity index (χ4v) is 2.78. The third kappa shape index (κ3) is 3.87. The number of hydrogen-bond donors (Lipinski definition) is 1. The van der Waals surface area contributed by atoms with Crippen molar-refractivity contribution in [3.05, 3.63) is 46.6 Å². The number of rotatable bonds is 4. The highest BCUT2D eigenvalue weighted by Crippen LogP contribution is 2.12. The monoisotopic (exact) mass is 315 g/mol. The molecule has 122 valence electrons. The summed E-state index contributed by atoms with van der Waals surface area (Å²) in [5.41, 5.74) is 0.815. The highest BCUT2D eigenvalue weighted by atomic mass is 16.5. The van der Waals surface area contributed by atoms with Crippen LogP contribution in [0, 0.1) is 0 Å². The standard InChI is InChI=1S/C16H21N5O2/c1-23-15-11-19-13(10-14(15)22)12-20-6-3-7-21(9-8-20)16-17-4-2-5-18-16/h2,4-5,10-11H,3,6-9,12H2,1H3,(H,19,22). The zero-order valence-corrected chi connectivity index (χ0v) is 13.2. The van der Waals surface area contributed by atoms with E-state index in [1.807, 2.05) is 6.07 Å². The molecule has 0 atom stereocenters. The third-order valence-electron chi connectivity index (χ3n) is 3.97. The molecule has 1 saturated heterocycles. The minimum atomic E-state index is -0.0876. The van der Waals surface area contributed by atoms with Gasteiger partial charge in [0, 0.05) is 63.1 Å². The largest absolute Gasteiger partial charge is 0.491 e. The Morgan fingerprint density at radius 1 is 1.22 bits per heavy atom. The smallest absolute Gasteiger partial charge is 0.225 e. The summed E-state index contributed by atoms with van der Waals surface area (Å²) < 4.78 is 5.00. The van der Waals surface area contributed by atoms with Crippen LogP contribution in [0.1, 0.15) is 12.1 Å². The second kappa shape index (κ2) is 7.23. The fraction of sp³-hybridized carbons (Fsp3) is 0.438. The summed E-state index contributed by atoms with van der Waals surface area (Å²) in [5.74, 6) is 1.13. The topological polar surface area (TPSA) is 74.3 Å². The molecular weight excluding hydrogens is 294 g/mol. The summed E-state index contributed by atoms with van der Waals surface area (Å²) in [7, 11) is 1.50. The van der Waals surface area contributed by atoms with E-state index in [2.05, 4.69) is 24.8 Å². The van der Waals surface area contributed by atoms with Crippen molar-refractivity contribution in [1.29, 1.82) is 0 Å². The lowest BCUT2D eigenvalue weighted by Gasteiger charge is -2.21. The minimum Gasteiger partial charge on any atom is -0.491 e. The SMILES string of the molecule is COc1c[nH]c(CN2CCCN(c3ncccn3)CC2)cc1=O. The van der Waals surface area contributed by atoms with Gasteiger partial charge in [-0.1, -0.05) is 0 Å². The van der Waals surface area contributed by atoms with Gasteiger partial charge in [-0.05, 0) is 12.5 Å². The first-order valence-electron chi connectivity index (χ1n) is 7.76. The molecule has 2 aromatic heterocycles. The summed E-state index contributed by atoms with van der Waals surface area (Å²) in [6.07, 6.45) is 6.21. The molecule has 0 bridgehead atoms. The van der Waals surface area contributed by atoms with Crippen LogP contribution in [0.5, 0.6) is 5.75 Å². The quantitative estimate of drug-likeness (QED) is 0.903. The van der Waals surface area contributed by atoms with Crippen LogP contribution in [0.15, 0.2) is 35.5 Å². The van der Waals surface area contributed by atoms with Crippen molar-refractivity contribution in [2.75, 3.05) is 38.2 Å². The van der Waals surface area contributed by atoms with Gasteiger partial charge >= 0.3 is 0 Å². The van der Waals surface area contributed by atoms with Gasteiger partial charge in [-0.2, -0.15) is 0 Å². The van der Waals surface area contributed by atoms with Crippen molar-refractivity contribution in [2.45, 2.75) is 13.0 Å². The number of ether oxygens (including phenoxy) is 1. The number of aromatic nitrogens is 3. The van der Waals surface area contributed by atoms with Crippen molar-refractivity contribution in [3.63, 3.8) is 0 Å². The van der Waals surface area contributed by atoms with E-state index in [1.54, 1.807) is 24.7 Å². The van der Waals surface area contributed by atoms with Gasteiger partial charge in [-0.15, -0.1) is 0 Å². The van der Waals surface area contributed by atoms with Crippen LogP contribution >= 0.6 is 0 Å². The molecule has 0 unspecified atom stereocenters. The molecule has 3 heterocycles. The molecule has 1 N–H and O–H groups in total. The molecule has 0 radical (unpaired) electrons. The highest BCUT2D eigenvalue weighted by molar-refractivity contribution is 5.28. The predicted octanol–water partition coefficient (Wildman–Crippen LogP) is 0.886. The van der Waals surface area contributed by atoms with Crippen molar-refractivity contribution in [2.24, 2.45) is 0 Å². The third-order valence-corrected chi connectivity index (χ3v) is 3.97. The Morgan fingerprint density at radius 2 is 2.04 bits per heavy atom. The Kier molecular flexibility index (Phi) is 4.87. The van der Waals surface area contributed by atoms with Crippen molar-refractivity contribution in [3.8, 4) is 5.75 Å². The van der Waals surface area contributed by atoms with Gasteiger partial charge in [0.1, 0.15) is 0 Å². The first-order valence-corrected chi connectivity index (χ1v) is 7.76. The zero-order valence-electron chi connectivity index (χ0n) is 13.2. The number of nitrogens with one attached hydrogen (secondary N) is 1. The molecule has 1 fully saturated rings.